The first-order valence-electron chi connectivity index (χ1n) is 19.9. The summed E-state index contributed by atoms with van der Waals surface area (Å²) in [6, 6.07) is 58.6. The van der Waals surface area contributed by atoms with Gasteiger partial charge in [-0.15, -0.1) is 0 Å². The highest BCUT2D eigenvalue weighted by Crippen LogP contribution is 2.53. The number of furan rings is 1. The van der Waals surface area contributed by atoms with Crippen molar-refractivity contribution in [2.24, 2.45) is 0 Å². The van der Waals surface area contributed by atoms with Crippen LogP contribution < -0.4 is 0 Å². The number of fused-ring (bicyclic) bond motifs is 11. The molecule has 9 aromatic carbocycles. The van der Waals surface area contributed by atoms with Crippen molar-refractivity contribution < 1.29 is 4.42 Å². The highest BCUT2D eigenvalue weighted by Gasteiger charge is 2.36. The van der Waals surface area contributed by atoms with Gasteiger partial charge >= 0.3 is 0 Å². The Kier molecular flexibility index (Phi) is 6.58. The first-order chi connectivity index (χ1) is 27.5. The van der Waals surface area contributed by atoms with Gasteiger partial charge in [-0.2, -0.15) is 0 Å². The van der Waals surface area contributed by atoms with Crippen LogP contribution in [0.3, 0.4) is 0 Å². The predicted molar refractivity (Wildman–Crippen MR) is 238 cm³/mol. The molecule has 0 saturated heterocycles. The van der Waals surface area contributed by atoms with E-state index in [1.165, 1.54) is 104 Å². The van der Waals surface area contributed by atoms with Crippen LogP contribution in [0.15, 0.2) is 180 Å². The summed E-state index contributed by atoms with van der Waals surface area (Å²) in [5.41, 5.74) is 13.8. The molecule has 2 aliphatic carbocycles. The minimum atomic E-state index is -0.125. The molecule has 1 atom stereocenters. The Hall–Kier alpha value is -6.70. The van der Waals surface area contributed by atoms with Crippen LogP contribution in [0.5, 0.6) is 0 Å². The summed E-state index contributed by atoms with van der Waals surface area (Å²) in [5, 5.41) is 12.7. The van der Waals surface area contributed by atoms with Crippen LogP contribution >= 0.6 is 0 Å². The molecule has 0 spiro atoms. The molecule has 1 heteroatoms. The van der Waals surface area contributed by atoms with Crippen LogP contribution in [0.2, 0.25) is 0 Å². The average molecular weight is 715 g/mol. The summed E-state index contributed by atoms with van der Waals surface area (Å²) in [5.74, 6) is 0.302. The number of hydrogen-bond acceptors (Lipinski definition) is 1. The average Bonchev–Trinajstić information content (AvgIpc) is 3.73. The molecule has 0 aliphatic heterocycles. The van der Waals surface area contributed by atoms with Crippen molar-refractivity contribution in [2.45, 2.75) is 31.6 Å². The lowest BCUT2D eigenvalue weighted by atomic mass is 9.79. The van der Waals surface area contributed by atoms with Gasteiger partial charge in [-0.05, 0) is 130 Å². The fraction of sp³-hybridized carbons (Fsp3) is 0.0909. The van der Waals surface area contributed by atoms with E-state index in [-0.39, 0.29) is 5.41 Å². The van der Waals surface area contributed by atoms with Gasteiger partial charge in [0.25, 0.3) is 0 Å². The van der Waals surface area contributed by atoms with E-state index in [4.69, 9.17) is 4.42 Å². The van der Waals surface area contributed by atoms with Gasteiger partial charge in [-0.25, -0.2) is 0 Å². The summed E-state index contributed by atoms with van der Waals surface area (Å²) in [6.45, 7) is 4.76. The molecule has 10 aromatic rings. The Balaban J connectivity index is 1.05. The van der Waals surface area contributed by atoms with E-state index in [9.17, 15) is 0 Å². The zero-order valence-electron chi connectivity index (χ0n) is 31.4. The van der Waals surface area contributed by atoms with Gasteiger partial charge in [0, 0.05) is 22.1 Å². The topological polar surface area (TPSA) is 13.1 Å². The normalized spacial score (nSPS) is 16.0. The third-order valence-electron chi connectivity index (χ3n) is 13.0. The monoisotopic (exact) mass is 714 g/mol. The molecule has 0 fully saturated rings. The molecule has 2 aliphatic rings. The molecule has 56 heavy (non-hydrogen) atoms. The maximum atomic E-state index is 6.34. The minimum absolute atomic E-state index is 0.125. The van der Waals surface area contributed by atoms with Gasteiger partial charge in [0.1, 0.15) is 11.2 Å². The Bertz CT molecular complexity index is 3300. The third kappa shape index (κ3) is 4.43. The molecule has 1 nitrogen and oxygen atoms in total. The molecule has 0 radical (unpaired) electrons. The zero-order valence-corrected chi connectivity index (χ0v) is 31.4. The Morgan fingerprint density at radius 1 is 0.500 bits per heavy atom. The van der Waals surface area contributed by atoms with E-state index in [0.29, 0.717) is 5.92 Å². The summed E-state index contributed by atoms with van der Waals surface area (Å²) >= 11 is 0. The van der Waals surface area contributed by atoms with Crippen LogP contribution in [-0.2, 0) is 5.41 Å². The first-order valence-corrected chi connectivity index (χ1v) is 19.9. The highest BCUT2D eigenvalue weighted by molar-refractivity contribution is 6.21. The fourth-order valence-corrected chi connectivity index (χ4v) is 10.4. The molecule has 1 aromatic heterocycles. The maximum Gasteiger partial charge on any atom is 0.136 e. The van der Waals surface area contributed by atoms with Gasteiger partial charge in [0.15, 0.2) is 0 Å². The van der Waals surface area contributed by atoms with Crippen molar-refractivity contribution in [3.63, 3.8) is 0 Å². The lowest BCUT2D eigenvalue weighted by Gasteiger charge is -2.24. The molecule has 12 rings (SSSR count). The number of para-hydroxylation sites is 1. The van der Waals surface area contributed by atoms with Crippen LogP contribution in [0.1, 0.15) is 48.4 Å². The molecular formula is C55H38O. The molecule has 1 unspecified atom stereocenters. The van der Waals surface area contributed by atoms with Crippen LogP contribution in [-0.4, -0.2) is 0 Å². The molecule has 0 saturated carbocycles. The van der Waals surface area contributed by atoms with Gasteiger partial charge in [-0.1, -0.05) is 159 Å². The van der Waals surface area contributed by atoms with Gasteiger partial charge < -0.3 is 4.42 Å². The number of hydrogen-bond donors (Lipinski definition) is 0. The highest BCUT2D eigenvalue weighted by atomic mass is 16.3. The standard InChI is InChI=1S/C55H38O/c1-55(2)48-27-25-37(30-46(48)47-32-45-35(31-49(47)55)26-28-51-54(45)44-22-9-10-24-50(44)56-51)53-42-20-7-5-18-40(42)52(41-19-6-8-21-43(41)53)36-16-11-15-34(29-36)39-23-12-14-33-13-3-4-17-38(33)39/h3-28,30-32,34H,29H2,1-2H3. The second-order valence-corrected chi connectivity index (χ2v) is 16.3. The van der Waals surface area contributed by atoms with E-state index in [1.54, 1.807) is 0 Å². The Morgan fingerprint density at radius 2 is 1.16 bits per heavy atom. The quantitative estimate of drug-likeness (QED) is 0.166. The molecule has 0 bridgehead atoms. The number of benzene rings is 9. The SMILES string of the molecule is CC1(C)c2ccc(-c3c4ccccc4c(C4=CC=CC(c5cccc6ccccc56)C4)c4ccccc34)cc2-c2cc3c(ccc4oc5ccccc5c43)cc21. The van der Waals surface area contributed by atoms with E-state index < -0.39 is 0 Å². The van der Waals surface area contributed by atoms with Gasteiger partial charge in [0.2, 0.25) is 0 Å². The predicted octanol–water partition coefficient (Wildman–Crippen LogP) is 15.3. The summed E-state index contributed by atoms with van der Waals surface area (Å²) in [6.07, 6.45) is 7.98. The molecule has 0 N–H and O–H groups in total. The zero-order chi connectivity index (χ0) is 37.1. The minimum Gasteiger partial charge on any atom is -0.456 e. The summed E-state index contributed by atoms with van der Waals surface area (Å²) in [7, 11) is 0. The van der Waals surface area contributed by atoms with Gasteiger partial charge in [-0.3, -0.25) is 0 Å². The van der Waals surface area contributed by atoms with E-state index in [2.05, 4.69) is 190 Å². The van der Waals surface area contributed by atoms with Crippen LogP contribution in [0, 0.1) is 0 Å². The summed E-state index contributed by atoms with van der Waals surface area (Å²) < 4.78 is 6.34. The first kappa shape index (κ1) is 31.6. The number of rotatable bonds is 3. The molecule has 1 heterocycles. The Labute approximate surface area is 325 Å². The second kappa shape index (κ2) is 11.7. The Morgan fingerprint density at radius 3 is 1.95 bits per heavy atom. The molecule has 0 amide bonds. The second-order valence-electron chi connectivity index (χ2n) is 16.3. The van der Waals surface area contributed by atoms with E-state index in [1.807, 2.05) is 0 Å². The van der Waals surface area contributed by atoms with E-state index in [0.717, 1.165) is 17.6 Å². The molecular weight excluding hydrogens is 677 g/mol. The lowest BCUT2D eigenvalue weighted by molar-refractivity contribution is 0.661. The number of allylic oxidation sites excluding steroid dienone is 4. The van der Waals surface area contributed by atoms with Crippen LogP contribution in [0.4, 0.5) is 0 Å². The lowest BCUT2D eigenvalue weighted by Crippen LogP contribution is -2.14. The summed E-state index contributed by atoms with van der Waals surface area (Å²) in [4.78, 5) is 0. The fourth-order valence-electron chi connectivity index (χ4n) is 10.4. The van der Waals surface area contributed by atoms with E-state index >= 15 is 0 Å². The molecule has 264 valence electrons. The van der Waals surface area contributed by atoms with Gasteiger partial charge in [0.05, 0.1) is 0 Å². The third-order valence-corrected chi connectivity index (χ3v) is 13.0. The van der Waals surface area contributed by atoms with Crippen molar-refractivity contribution in [1.29, 1.82) is 0 Å². The largest absolute Gasteiger partial charge is 0.456 e. The maximum absolute atomic E-state index is 6.34. The van der Waals surface area contributed by atoms with Crippen molar-refractivity contribution >= 4 is 70.6 Å². The van der Waals surface area contributed by atoms with Crippen molar-refractivity contribution in [3.05, 3.63) is 198 Å². The van der Waals surface area contributed by atoms with Crippen molar-refractivity contribution in [2.75, 3.05) is 0 Å². The van der Waals surface area contributed by atoms with Crippen LogP contribution in [0.25, 0.3) is 92.9 Å². The smallest absolute Gasteiger partial charge is 0.136 e. The van der Waals surface area contributed by atoms with Crippen molar-refractivity contribution in [1.82, 2.24) is 0 Å². The van der Waals surface area contributed by atoms with Crippen molar-refractivity contribution in [3.8, 4) is 22.3 Å².